The molecule has 2 fully saturated rings. The topological polar surface area (TPSA) is 70.2 Å². The standard InChI is InChI=1S/C31H39N3O4/c1-5-21(4)17-32-18-28-33(15-14-29(35)34(28)27(30(32)36)16-20(2)3)31(37)38-19-26-24-12-8-6-10-22(24)23-11-7-9-13-25(23)26/h6-13,20-21,26-28H,5,14-19H2,1-4H3. The average molecular weight is 518 g/mol. The van der Waals surface area contributed by atoms with Crippen LogP contribution in [0.4, 0.5) is 4.79 Å². The van der Waals surface area contributed by atoms with Gasteiger partial charge in [0.2, 0.25) is 11.8 Å². The Morgan fingerprint density at radius 2 is 1.63 bits per heavy atom. The van der Waals surface area contributed by atoms with Gasteiger partial charge < -0.3 is 14.5 Å². The molecule has 2 aromatic carbocycles. The van der Waals surface area contributed by atoms with E-state index in [-0.39, 0.29) is 36.7 Å². The fourth-order valence-electron chi connectivity index (χ4n) is 6.22. The van der Waals surface area contributed by atoms with Crippen molar-refractivity contribution in [1.82, 2.24) is 14.7 Å². The number of piperazine rings is 1. The predicted octanol–water partition coefficient (Wildman–Crippen LogP) is 5.10. The lowest BCUT2D eigenvalue weighted by atomic mass is 9.95. The second-order valence-corrected chi connectivity index (χ2v) is 11.4. The molecule has 0 spiro atoms. The minimum Gasteiger partial charge on any atom is -0.448 e. The highest BCUT2D eigenvalue weighted by atomic mass is 16.6. The number of amides is 3. The van der Waals surface area contributed by atoms with Crippen LogP contribution < -0.4 is 0 Å². The highest BCUT2D eigenvalue weighted by Crippen LogP contribution is 2.44. The molecule has 2 heterocycles. The van der Waals surface area contributed by atoms with Crippen LogP contribution in [-0.2, 0) is 14.3 Å². The highest BCUT2D eigenvalue weighted by Gasteiger charge is 2.49. The Morgan fingerprint density at radius 3 is 2.24 bits per heavy atom. The fraction of sp³-hybridized carbons (Fsp3) is 0.516. The van der Waals surface area contributed by atoms with E-state index in [1.165, 1.54) is 11.1 Å². The molecule has 7 nitrogen and oxygen atoms in total. The molecule has 1 aliphatic carbocycles. The van der Waals surface area contributed by atoms with Crippen LogP contribution in [0, 0.1) is 11.8 Å². The zero-order valence-electron chi connectivity index (χ0n) is 22.9. The number of fused-ring (bicyclic) bond motifs is 4. The molecule has 0 bridgehead atoms. The molecule has 3 aliphatic rings. The van der Waals surface area contributed by atoms with Gasteiger partial charge in [0.1, 0.15) is 18.8 Å². The third-order valence-electron chi connectivity index (χ3n) is 8.35. The lowest BCUT2D eigenvalue weighted by molar-refractivity contribution is -0.169. The summed E-state index contributed by atoms with van der Waals surface area (Å²) in [5.41, 5.74) is 4.69. The lowest BCUT2D eigenvalue weighted by Crippen LogP contribution is -2.71. The Labute approximate surface area is 225 Å². The third kappa shape index (κ3) is 4.79. The predicted molar refractivity (Wildman–Crippen MR) is 146 cm³/mol. The zero-order chi connectivity index (χ0) is 27.0. The molecule has 2 saturated heterocycles. The molecule has 5 rings (SSSR count). The van der Waals surface area contributed by atoms with E-state index in [0.29, 0.717) is 32.0 Å². The van der Waals surface area contributed by atoms with Gasteiger partial charge in [-0.25, -0.2) is 4.79 Å². The maximum atomic E-state index is 13.6. The van der Waals surface area contributed by atoms with Crippen LogP contribution in [0.2, 0.25) is 0 Å². The van der Waals surface area contributed by atoms with Crippen LogP contribution in [0.15, 0.2) is 48.5 Å². The van der Waals surface area contributed by atoms with E-state index in [1.807, 2.05) is 29.2 Å². The third-order valence-corrected chi connectivity index (χ3v) is 8.35. The summed E-state index contributed by atoms with van der Waals surface area (Å²) in [4.78, 5) is 45.5. The van der Waals surface area contributed by atoms with Crippen LogP contribution in [0.1, 0.15) is 64.0 Å². The number of ether oxygens (including phenoxy) is 1. The van der Waals surface area contributed by atoms with Crippen LogP contribution in [0.5, 0.6) is 0 Å². The average Bonchev–Trinajstić information content (AvgIpc) is 3.23. The van der Waals surface area contributed by atoms with Gasteiger partial charge >= 0.3 is 6.09 Å². The molecule has 3 unspecified atom stereocenters. The minimum absolute atomic E-state index is 0.00186. The van der Waals surface area contributed by atoms with Crippen molar-refractivity contribution in [2.45, 2.75) is 65.1 Å². The first-order chi connectivity index (χ1) is 18.3. The molecular weight excluding hydrogens is 478 g/mol. The van der Waals surface area contributed by atoms with Crippen LogP contribution >= 0.6 is 0 Å². The largest absolute Gasteiger partial charge is 0.448 e. The highest BCUT2D eigenvalue weighted by molar-refractivity contribution is 5.90. The molecule has 3 atom stereocenters. The van der Waals surface area contributed by atoms with E-state index in [9.17, 15) is 14.4 Å². The maximum Gasteiger partial charge on any atom is 0.411 e. The van der Waals surface area contributed by atoms with Gasteiger partial charge in [-0.2, -0.15) is 0 Å². The molecule has 7 heteroatoms. The van der Waals surface area contributed by atoms with Gasteiger partial charge in [0.05, 0.1) is 6.54 Å². The van der Waals surface area contributed by atoms with E-state index >= 15 is 0 Å². The van der Waals surface area contributed by atoms with Crippen molar-refractivity contribution in [3.63, 3.8) is 0 Å². The van der Waals surface area contributed by atoms with Crippen LogP contribution in [-0.4, -0.2) is 71.1 Å². The molecule has 2 aromatic rings. The quantitative estimate of drug-likeness (QED) is 0.513. The van der Waals surface area contributed by atoms with Crippen molar-refractivity contribution in [1.29, 1.82) is 0 Å². The maximum absolute atomic E-state index is 13.6. The minimum atomic E-state index is -0.547. The van der Waals surface area contributed by atoms with Gasteiger partial charge in [0.25, 0.3) is 0 Å². The van der Waals surface area contributed by atoms with E-state index < -0.39 is 18.3 Å². The first-order valence-electron chi connectivity index (χ1n) is 14.0. The van der Waals surface area contributed by atoms with E-state index in [2.05, 4.69) is 52.0 Å². The van der Waals surface area contributed by atoms with Gasteiger partial charge in [-0.1, -0.05) is 82.6 Å². The summed E-state index contributed by atoms with van der Waals surface area (Å²) >= 11 is 0. The van der Waals surface area contributed by atoms with Gasteiger partial charge in [0.15, 0.2) is 0 Å². The first kappa shape index (κ1) is 26.3. The normalized spacial score (nSPS) is 21.9. The van der Waals surface area contributed by atoms with Crippen molar-refractivity contribution in [3.8, 4) is 11.1 Å². The molecular formula is C31H39N3O4. The number of hydrogen-bond acceptors (Lipinski definition) is 4. The van der Waals surface area contributed by atoms with E-state index in [0.717, 1.165) is 17.5 Å². The summed E-state index contributed by atoms with van der Waals surface area (Å²) < 4.78 is 5.99. The zero-order valence-corrected chi connectivity index (χ0v) is 22.9. The van der Waals surface area contributed by atoms with Crippen LogP contribution in [0.3, 0.4) is 0 Å². The van der Waals surface area contributed by atoms with Gasteiger partial charge in [-0.05, 0) is 40.5 Å². The summed E-state index contributed by atoms with van der Waals surface area (Å²) in [7, 11) is 0. The molecule has 38 heavy (non-hydrogen) atoms. The number of carbonyl (C=O) groups is 3. The molecule has 0 radical (unpaired) electrons. The number of rotatable bonds is 7. The van der Waals surface area contributed by atoms with Gasteiger partial charge in [0, 0.05) is 25.4 Å². The second-order valence-electron chi connectivity index (χ2n) is 11.4. The van der Waals surface area contributed by atoms with E-state index in [4.69, 9.17) is 4.74 Å². The summed E-state index contributed by atoms with van der Waals surface area (Å²) in [6.45, 7) is 9.86. The van der Waals surface area contributed by atoms with Crippen molar-refractivity contribution >= 4 is 17.9 Å². The number of benzene rings is 2. The Kier molecular flexibility index (Phi) is 7.46. The number of carbonyl (C=O) groups excluding carboxylic acids is 3. The SMILES string of the molecule is CCC(C)CN1CC2N(C(=O)OCC3c4ccccc4-c4ccccc43)CCC(=O)N2C(CC(C)C)C1=O. The van der Waals surface area contributed by atoms with Crippen LogP contribution in [0.25, 0.3) is 11.1 Å². The molecule has 2 aliphatic heterocycles. The van der Waals surface area contributed by atoms with Crippen molar-refractivity contribution in [2.75, 3.05) is 26.2 Å². The number of hydrogen-bond donors (Lipinski definition) is 0. The molecule has 3 amide bonds. The van der Waals surface area contributed by atoms with E-state index in [1.54, 1.807) is 9.80 Å². The summed E-state index contributed by atoms with van der Waals surface area (Å²) in [6.07, 6.45) is 0.819. The fourth-order valence-corrected chi connectivity index (χ4v) is 6.22. The lowest BCUT2D eigenvalue weighted by Gasteiger charge is -2.52. The first-order valence-corrected chi connectivity index (χ1v) is 14.0. The smallest absolute Gasteiger partial charge is 0.411 e. The summed E-state index contributed by atoms with van der Waals surface area (Å²) in [5.74, 6) is 0.494. The monoisotopic (exact) mass is 517 g/mol. The van der Waals surface area contributed by atoms with Gasteiger partial charge in [-0.15, -0.1) is 0 Å². The second kappa shape index (κ2) is 10.8. The summed E-state index contributed by atoms with van der Waals surface area (Å²) in [6, 6.07) is 16.0. The van der Waals surface area contributed by atoms with Crippen molar-refractivity contribution in [2.24, 2.45) is 11.8 Å². The molecule has 202 valence electrons. The number of nitrogens with zero attached hydrogens (tertiary/aromatic N) is 3. The summed E-state index contributed by atoms with van der Waals surface area (Å²) in [5, 5.41) is 0. The van der Waals surface area contributed by atoms with Crippen molar-refractivity contribution < 1.29 is 19.1 Å². The Morgan fingerprint density at radius 1 is 1.00 bits per heavy atom. The molecule has 0 saturated carbocycles. The Hall–Kier alpha value is -3.35. The van der Waals surface area contributed by atoms with Gasteiger partial charge in [-0.3, -0.25) is 14.5 Å². The molecule has 0 N–H and O–H groups in total. The Bertz CT molecular complexity index is 1170. The molecule has 0 aromatic heterocycles. The van der Waals surface area contributed by atoms with Crippen molar-refractivity contribution in [3.05, 3.63) is 59.7 Å². The Balaban J connectivity index is 1.37.